The van der Waals surface area contributed by atoms with Gasteiger partial charge in [-0.1, -0.05) is 18.7 Å². The smallest absolute Gasteiger partial charge is 0.255 e. The summed E-state index contributed by atoms with van der Waals surface area (Å²) in [4.78, 5) is 19.6. The molecule has 1 aromatic carbocycles. The van der Waals surface area contributed by atoms with E-state index in [0.29, 0.717) is 35.1 Å². The third kappa shape index (κ3) is 3.61. The van der Waals surface area contributed by atoms with Gasteiger partial charge >= 0.3 is 0 Å². The summed E-state index contributed by atoms with van der Waals surface area (Å²) in [5.41, 5.74) is 2.03. The van der Waals surface area contributed by atoms with Crippen LogP contribution in [0.5, 0.6) is 17.2 Å². The Hall–Kier alpha value is -2.15. The van der Waals surface area contributed by atoms with Gasteiger partial charge in [-0.25, -0.2) is 4.98 Å². The molecule has 23 heavy (non-hydrogen) atoms. The molecular formula is C16H20N2O4S. The molecule has 124 valence electrons. The average Bonchev–Trinajstić information content (AvgIpc) is 2.57. The molecule has 1 heterocycles. The van der Waals surface area contributed by atoms with Crippen LogP contribution in [0.4, 0.5) is 0 Å². The fourth-order valence-electron chi connectivity index (χ4n) is 2.35. The number of nitrogens with zero attached hydrogens (tertiary/aromatic N) is 1. The van der Waals surface area contributed by atoms with Gasteiger partial charge in [-0.15, -0.1) is 0 Å². The Bertz CT molecular complexity index is 733. The molecular weight excluding hydrogens is 316 g/mol. The van der Waals surface area contributed by atoms with E-state index in [0.717, 1.165) is 11.3 Å². The number of phenols is 1. The minimum Gasteiger partial charge on any atom is -0.502 e. The van der Waals surface area contributed by atoms with E-state index in [2.05, 4.69) is 9.97 Å². The topological polar surface area (TPSA) is 84.4 Å². The Morgan fingerprint density at radius 2 is 1.87 bits per heavy atom. The van der Waals surface area contributed by atoms with Crippen molar-refractivity contribution in [1.82, 2.24) is 9.97 Å². The van der Waals surface area contributed by atoms with Gasteiger partial charge < -0.3 is 19.6 Å². The van der Waals surface area contributed by atoms with Gasteiger partial charge in [0.25, 0.3) is 5.56 Å². The standard InChI is InChI=1S/C16H20N2O4S/c1-5-11-10(15(20)18-16(17-11)23-4)6-9-7-12(21-2)14(19)13(8-9)22-3/h7-8,19H,5-6H2,1-4H3,(H,17,18,20). The van der Waals surface area contributed by atoms with E-state index in [-0.39, 0.29) is 11.3 Å². The molecule has 7 heteroatoms. The Labute approximate surface area is 138 Å². The fraction of sp³-hybridized carbons (Fsp3) is 0.375. The maximum atomic E-state index is 12.3. The van der Waals surface area contributed by atoms with Gasteiger partial charge in [-0.05, 0) is 30.4 Å². The van der Waals surface area contributed by atoms with Gasteiger partial charge in [0.2, 0.25) is 5.75 Å². The number of aromatic amines is 1. The molecule has 0 radical (unpaired) electrons. The maximum absolute atomic E-state index is 12.3. The number of ether oxygens (including phenoxy) is 2. The van der Waals surface area contributed by atoms with Crippen LogP contribution >= 0.6 is 11.8 Å². The van der Waals surface area contributed by atoms with E-state index in [1.54, 1.807) is 12.1 Å². The molecule has 0 bridgehead atoms. The number of thioether (sulfide) groups is 1. The molecule has 0 saturated heterocycles. The van der Waals surface area contributed by atoms with Crippen LogP contribution in [0.3, 0.4) is 0 Å². The summed E-state index contributed by atoms with van der Waals surface area (Å²) >= 11 is 1.40. The van der Waals surface area contributed by atoms with Crippen LogP contribution in [-0.4, -0.2) is 35.5 Å². The fourth-order valence-corrected chi connectivity index (χ4v) is 2.74. The molecule has 0 aliphatic rings. The first kappa shape index (κ1) is 17.2. The number of aromatic hydroxyl groups is 1. The van der Waals surface area contributed by atoms with Gasteiger partial charge in [0.15, 0.2) is 16.7 Å². The van der Waals surface area contributed by atoms with Crippen molar-refractivity contribution in [3.63, 3.8) is 0 Å². The average molecular weight is 336 g/mol. The lowest BCUT2D eigenvalue weighted by atomic mass is 10.0. The van der Waals surface area contributed by atoms with Crippen LogP contribution in [0.1, 0.15) is 23.7 Å². The third-order valence-electron chi connectivity index (χ3n) is 3.53. The Morgan fingerprint density at radius 3 is 2.35 bits per heavy atom. The second-order valence-corrected chi connectivity index (χ2v) is 5.67. The number of benzene rings is 1. The maximum Gasteiger partial charge on any atom is 0.255 e. The summed E-state index contributed by atoms with van der Waals surface area (Å²) < 4.78 is 10.3. The molecule has 2 N–H and O–H groups in total. The number of phenolic OH excluding ortho intramolecular Hbond substituents is 1. The summed E-state index contributed by atoms with van der Waals surface area (Å²) in [6.07, 6.45) is 2.92. The minimum atomic E-state index is -0.146. The van der Waals surface area contributed by atoms with E-state index in [1.807, 2.05) is 13.2 Å². The summed E-state index contributed by atoms with van der Waals surface area (Å²) in [5.74, 6) is 0.560. The number of hydrogen-bond donors (Lipinski definition) is 2. The van der Waals surface area contributed by atoms with Crippen LogP contribution in [0.25, 0.3) is 0 Å². The van der Waals surface area contributed by atoms with Crippen molar-refractivity contribution in [3.8, 4) is 17.2 Å². The molecule has 6 nitrogen and oxygen atoms in total. The van der Waals surface area contributed by atoms with Crippen LogP contribution in [0, 0.1) is 0 Å². The molecule has 2 rings (SSSR count). The highest BCUT2D eigenvalue weighted by Crippen LogP contribution is 2.37. The number of hydrogen-bond acceptors (Lipinski definition) is 6. The lowest BCUT2D eigenvalue weighted by Gasteiger charge is -2.12. The van der Waals surface area contributed by atoms with Crippen LogP contribution in [0.2, 0.25) is 0 Å². The lowest BCUT2D eigenvalue weighted by molar-refractivity contribution is 0.339. The normalized spacial score (nSPS) is 10.6. The molecule has 2 aromatic rings. The van der Waals surface area contributed by atoms with Crippen molar-refractivity contribution in [1.29, 1.82) is 0 Å². The third-order valence-corrected chi connectivity index (χ3v) is 4.11. The van der Waals surface area contributed by atoms with E-state index >= 15 is 0 Å². The van der Waals surface area contributed by atoms with Gasteiger partial charge in [0.05, 0.1) is 19.9 Å². The molecule has 0 unspecified atom stereocenters. The molecule has 0 amide bonds. The van der Waals surface area contributed by atoms with Gasteiger partial charge in [0, 0.05) is 12.0 Å². The van der Waals surface area contributed by atoms with Crippen molar-refractivity contribution in [3.05, 3.63) is 39.3 Å². The zero-order chi connectivity index (χ0) is 17.0. The molecule has 0 saturated carbocycles. The first-order valence-electron chi connectivity index (χ1n) is 7.13. The predicted molar refractivity (Wildman–Crippen MR) is 90.0 cm³/mol. The van der Waals surface area contributed by atoms with Crippen LogP contribution < -0.4 is 15.0 Å². The number of H-pyrrole nitrogens is 1. The van der Waals surface area contributed by atoms with Crippen LogP contribution in [0.15, 0.2) is 22.1 Å². The van der Waals surface area contributed by atoms with Gasteiger partial charge in [0.1, 0.15) is 0 Å². The lowest BCUT2D eigenvalue weighted by Crippen LogP contribution is -2.19. The molecule has 0 aliphatic carbocycles. The molecule has 1 aromatic heterocycles. The molecule has 0 aliphatic heterocycles. The van der Waals surface area contributed by atoms with Gasteiger partial charge in [-0.3, -0.25) is 4.79 Å². The summed E-state index contributed by atoms with van der Waals surface area (Å²) in [5, 5.41) is 10.6. The Kier molecular flexibility index (Phi) is 5.54. The quantitative estimate of drug-likeness (QED) is 0.622. The van der Waals surface area contributed by atoms with Crippen molar-refractivity contribution in [2.24, 2.45) is 0 Å². The van der Waals surface area contributed by atoms with E-state index in [1.165, 1.54) is 26.0 Å². The molecule has 0 spiro atoms. The molecule has 0 atom stereocenters. The number of aryl methyl sites for hydroxylation is 1. The first-order valence-corrected chi connectivity index (χ1v) is 8.36. The summed E-state index contributed by atoms with van der Waals surface area (Å²) in [6, 6.07) is 3.39. The first-order chi connectivity index (χ1) is 11.0. The van der Waals surface area contributed by atoms with Crippen molar-refractivity contribution in [2.75, 3.05) is 20.5 Å². The number of rotatable bonds is 6. The van der Waals surface area contributed by atoms with Crippen molar-refractivity contribution < 1.29 is 14.6 Å². The minimum absolute atomic E-state index is 0.0563. The zero-order valence-corrected chi connectivity index (χ0v) is 14.4. The van der Waals surface area contributed by atoms with Gasteiger partial charge in [-0.2, -0.15) is 0 Å². The number of nitrogens with one attached hydrogen (secondary N) is 1. The van der Waals surface area contributed by atoms with E-state index in [9.17, 15) is 9.90 Å². The highest BCUT2D eigenvalue weighted by molar-refractivity contribution is 7.98. The summed E-state index contributed by atoms with van der Waals surface area (Å²) in [7, 11) is 2.94. The Balaban J connectivity index is 2.49. The van der Waals surface area contributed by atoms with Crippen molar-refractivity contribution >= 4 is 11.8 Å². The second-order valence-electron chi connectivity index (χ2n) is 4.88. The largest absolute Gasteiger partial charge is 0.502 e. The molecule has 0 fully saturated rings. The number of aromatic nitrogens is 2. The van der Waals surface area contributed by atoms with E-state index < -0.39 is 0 Å². The highest BCUT2D eigenvalue weighted by Gasteiger charge is 2.15. The highest BCUT2D eigenvalue weighted by atomic mass is 32.2. The monoisotopic (exact) mass is 336 g/mol. The number of methoxy groups -OCH3 is 2. The SMILES string of the molecule is CCc1nc(SC)[nH]c(=O)c1Cc1cc(OC)c(O)c(OC)c1. The zero-order valence-electron chi connectivity index (χ0n) is 13.6. The van der Waals surface area contributed by atoms with Crippen molar-refractivity contribution in [2.45, 2.75) is 24.9 Å². The predicted octanol–water partition coefficient (Wildman–Crippen LogP) is 2.37. The van der Waals surface area contributed by atoms with Crippen LogP contribution in [-0.2, 0) is 12.8 Å². The van der Waals surface area contributed by atoms with E-state index in [4.69, 9.17) is 9.47 Å². The summed E-state index contributed by atoms with van der Waals surface area (Å²) in [6.45, 7) is 1.97. The second kappa shape index (κ2) is 7.41. The Morgan fingerprint density at radius 1 is 1.26 bits per heavy atom.